The number of aromatic nitrogens is 1. The zero-order chi connectivity index (χ0) is 32.0. The number of nitrogens with zero attached hydrogens (tertiary/aromatic N) is 1. The van der Waals surface area contributed by atoms with Gasteiger partial charge in [0, 0.05) is 42.6 Å². The molecule has 13 heteroatoms. The highest BCUT2D eigenvalue weighted by Gasteiger charge is 2.39. The number of benzene rings is 2. The fourth-order valence-electron chi connectivity index (χ4n) is 5.42. The van der Waals surface area contributed by atoms with Gasteiger partial charge in [0.25, 0.3) is 5.91 Å². The minimum Gasteiger partial charge on any atom is -0.457 e. The number of pyridine rings is 1. The second-order valence-electron chi connectivity index (χ2n) is 10.9. The Balaban J connectivity index is 1.03. The van der Waals surface area contributed by atoms with Crippen molar-refractivity contribution in [3.8, 4) is 11.5 Å². The topological polar surface area (TPSA) is 121 Å². The predicted molar refractivity (Wildman–Crippen MR) is 163 cm³/mol. The molecule has 0 aliphatic heterocycles. The Kier molecular flexibility index (Phi) is 9.92. The maximum atomic E-state index is 13.1. The van der Waals surface area contributed by atoms with Crippen LogP contribution in [0.5, 0.6) is 11.5 Å². The molecule has 2 aliphatic carbocycles. The van der Waals surface area contributed by atoms with Crippen LogP contribution < -0.4 is 26.0 Å². The van der Waals surface area contributed by atoms with Gasteiger partial charge in [0.1, 0.15) is 17.2 Å². The highest BCUT2D eigenvalue weighted by atomic mass is 35.5. The molecule has 0 spiro atoms. The lowest BCUT2D eigenvalue weighted by atomic mass is 9.93. The molecule has 0 saturated heterocycles. The summed E-state index contributed by atoms with van der Waals surface area (Å²) < 4.78 is 45.0. The van der Waals surface area contributed by atoms with Crippen molar-refractivity contribution in [1.29, 1.82) is 0 Å². The van der Waals surface area contributed by atoms with Crippen LogP contribution in [0.25, 0.3) is 0 Å². The molecule has 4 N–H and O–H groups in total. The van der Waals surface area contributed by atoms with Crippen molar-refractivity contribution in [3.63, 3.8) is 0 Å². The summed E-state index contributed by atoms with van der Waals surface area (Å²) in [6.07, 6.45) is 4.63. The van der Waals surface area contributed by atoms with E-state index in [1.54, 1.807) is 30.3 Å². The van der Waals surface area contributed by atoms with Crippen LogP contribution in [-0.4, -0.2) is 35.9 Å². The molecule has 2 aromatic carbocycles. The number of hydrogen-bond acceptors (Lipinski definition) is 5. The third-order valence-corrected chi connectivity index (χ3v) is 7.98. The molecule has 2 aliphatic rings. The first kappa shape index (κ1) is 31.8. The van der Waals surface area contributed by atoms with Crippen LogP contribution >= 0.6 is 11.6 Å². The number of amides is 4. The largest absolute Gasteiger partial charge is 0.457 e. The Bertz CT molecular complexity index is 1580. The Hall–Kier alpha value is -4.58. The summed E-state index contributed by atoms with van der Waals surface area (Å²) in [4.78, 5) is 41.4. The molecule has 1 fully saturated rings. The van der Waals surface area contributed by atoms with Crippen molar-refractivity contribution in [2.24, 2.45) is 17.8 Å². The lowest BCUT2D eigenvalue weighted by Crippen LogP contribution is -2.34. The number of allylic oxidation sites excluding steroid dienone is 2. The number of anilines is 2. The maximum Gasteiger partial charge on any atom is 0.417 e. The number of unbranched alkanes of at least 4 members (excludes halogenated alkanes) is 1. The fourth-order valence-corrected chi connectivity index (χ4v) is 5.65. The third-order valence-electron chi connectivity index (χ3n) is 7.65. The normalized spacial score (nSPS) is 18.4. The quantitative estimate of drug-likeness (QED) is 0.132. The smallest absolute Gasteiger partial charge is 0.417 e. The number of carbonyl (C=O) groups excluding carboxylic acids is 3. The summed E-state index contributed by atoms with van der Waals surface area (Å²) in [5, 5.41) is 10.2. The molecule has 236 valence electrons. The number of carbonyl (C=O) groups is 3. The number of hydrogen-bond donors (Lipinski definition) is 4. The van der Waals surface area contributed by atoms with Gasteiger partial charge in [-0.05, 0) is 86.1 Å². The molecule has 3 unspecified atom stereocenters. The van der Waals surface area contributed by atoms with Gasteiger partial charge >= 0.3 is 12.2 Å². The molecule has 1 heterocycles. The van der Waals surface area contributed by atoms with Crippen molar-refractivity contribution in [2.45, 2.75) is 31.9 Å². The van der Waals surface area contributed by atoms with Crippen molar-refractivity contribution < 1.29 is 32.3 Å². The number of halogens is 4. The van der Waals surface area contributed by atoms with E-state index in [9.17, 15) is 27.6 Å². The van der Waals surface area contributed by atoms with Gasteiger partial charge in [-0.3, -0.25) is 14.6 Å². The molecule has 4 amide bonds. The van der Waals surface area contributed by atoms with Crippen LogP contribution in [0, 0.1) is 17.8 Å². The van der Waals surface area contributed by atoms with E-state index in [4.69, 9.17) is 16.3 Å². The molecule has 9 nitrogen and oxygen atoms in total. The van der Waals surface area contributed by atoms with Crippen LogP contribution in [0.2, 0.25) is 5.02 Å². The van der Waals surface area contributed by atoms with Crippen LogP contribution in [0.1, 0.15) is 41.7 Å². The third kappa shape index (κ3) is 8.53. The average Bonchev–Trinajstić information content (AvgIpc) is 3.65. The highest BCUT2D eigenvalue weighted by Crippen LogP contribution is 2.43. The summed E-state index contributed by atoms with van der Waals surface area (Å²) in [6, 6.07) is 11.7. The first-order chi connectivity index (χ1) is 21.5. The summed E-state index contributed by atoms with van der Waals surface area (Å²) >= 11 is 5.62. The maximum absolute atomic E-state index is 13.1. The van der Waals surface area contributed by atoms with E-state index in [2.05, 4.69) is 38.4 Å². The van der Waals surface area contributed by atoms with Crippen molar-refractivity contribution in [1.82, 2.24) is 15.6 Å². The fraction of sp³-hybridized carbons (Fsp3) is 0.312. The van der Waals surface area contributed by atoms with Crippen LogP contribution in [-0.2, 0) is 11.0 Å². The molecule has 5 rings (SSSR count). The monoisotopic (exact) mass is 641 g/mol. The van der Waals surface area contributed by atoms with Crippen molar-refractivity contribution in [2.75, 3.05) is 23.7 Å². The SMILES string of the molecule is O=C(Nc1ccc(Oc2ccnc(C(=O)NCCCCNC(=O)C3CC4C=CC3C4)c2)cc1)Nc1ccc(Cl)c(C(F)(F)F)c1. The number of rotatable bonds is 11. The Morgan fingerprint density at radius 2 is 1.58 bits per heavy atom. The number of ether oxygens (including phenoxy) is 1. The van der Waals surface area contributed by atoms with Crippen LogP contribution in [0.3, 0.4) is 0 Å². The lowest BCUT2D eigenvalue weighted by molar-refractivity contribution is -0.137. The molecule has 3 atom stereocenters. The number of urea groups is 1. The highest BCUT2D eigenvalue weighted by molar-refractivity contribution is 6.31. The Morgan fingerprint density at radius 3 is 2.27 bits per heavy atom. The molecule has 1 aromatic heterocycles. The number of nitrogens with one attached hydrogen (secondary N) is 4. The molecule has 2 bridgehead atoms. The summed E-state index contributed by atoms with van der Waals surface area (Å²) in [5.74, 6) is 1.56. The first-order valence-corrected chi connectivity index (χ1v) is 14.9. The molecule has 0 radical (unpaired) electrons. The van der Waals surface area contributed by atoms with Gasteiger partial charge in [-0.15, -0.1) is 0 Å². The molecule has 1 saturated carbocycles. The van der Waals surface area contributed by atoms with E-state index in [0.29, 0.717) is 48.5 Å². The Morgan fingerprint density at radius 1 is 0.867 bits per heavy atom. The van der Waals surface area contributed by atoms with Gasteiger partial charge < -0.3 is 26.0 Å². The van der Waals surface area contributed by atoms with Gasteiger partial charge in [-0.1, -0.05) is 23.8 Å². The van der Waals surface area contributed by atoms with E-state index < -0.39 is 22.8 Å². The second-order valence-corrected chi connectivity index (χ2v) is 11.3. The van der Waals surface area contributed by atoms with E-state index >= 15 is 0 Å². The number of alkyl halides is 3. The van der Waals surface area contributed by atoms with Crippen molar-refractivity contribution >= 4 is 40.8 Å². The summed E-state index contributed by atoms with van der Waals surface area (Å²) in [7, 11) is 0. The second kappa shape index (κ2) is 14.0. The standard InChI is InChI=1S/C32H31ClF3N5O4/c33-27-10-7-22(17-26(27)32(34,35)36)41-31(44)40-21-5-8-23(9-6-21)45-24-11-14-37-28(18-24)30(43)39-13-2-1-12-38-29(42)25-16-19-3-4-20(25)15-19/h3-11,14,17-20,25H,1-2,12-13,15-16H2,(H,38,42)(H,39,43)(H2,40,41,44). The molecule has 3 aromatic rings. The van der Waals surface area contributed by atoms with E-state index in [0.717, 1.165) is 31.4 Å². The molecular formula is C32H31ClF3N5O4. The van der Waals surface area contributed by atoms with Gasteiger partial charge in [-0.25, -0.2) is 4.79 Å². The summed E-state index contributed by atoms with van der Waals surface area (Å²) in [5.41, 5.74) is -0.590. The van der Waals surface area contributed by atoms with E-state index in [1.165, 1.54) is 18.3 Å². The zero-order valence-corrected chi connectivity index (χ0v) is 24.8. The van der Waals surface area contributed by atoms with Gasteiger partial charge in [-0.2, -0.15) is 13.2 Å². The van der Waals surface area contributed by atoms with E-state index in [-0.39, 0.29) is 29.1 Å². The minimum absolute atomic E-state index is 0.0749. The first-order valence-electron chi connectivity index (χ1n) is 14.5. The predicted octanol–water partition coefficient (Wildman–Crippen LogP) is 7.03. The number of fused-ring (bicyclic) bond motifs is 2. The molecular weight excluding hydrogens is 611 g/mol. The minimum atomic E-state index is -4.66. The van der Waals surface area contributed by atoms with Crippen molar-refractivity contribution in [3.05, 3.63) is 89.2 Å². The zero-order valence-electron chi connectivity index (χ0n) is 24.0. The van der Waals surface area contributed by atoms with Gasteiger partial charge in [0.2, 0.25) is 5.91 Å². The van der Waals surface area contributed by atoms with Gasteiger partial charge in [0.05, 0.1) is 10.6 Å². The Labute approximate surface area is 262 Å². The molecule has 45 heavy (non-hydrogen) atoms. The van der Waals surface area contributed by atoms with Crippen LogP contribution in [0.4, 0.5) is 29.3 Å². The van der Waals surface area contributed by atoms with Gasteiger partial charge in [0.15, 0.2) is 0 Å². The van der Waals surface area contributed by atoms with Crippen LogP contribution in [0.15, 0.2) is 72.9 Å². The van der Waals surface area contributed by atoms with E-state index in [1.807, 2.05) is 0 Å². The average molecular weight is 642 g/mol. The lowest BCUT2D eigenvalue weighted by Gasteiger charge is -2.17. The summed E-state index contributed by atoms with van der Waals surface area (Å²) in [6.45, 7) is 1.000.